The number of aryl methyl sites for hydroxylation is 1. The van der Waals surface area contributed by atoms with E-state index in [4.69, 9.17) is 11.6 Å². The van der Waals surface area contributed by atoms with Gasteiger partial charge < -0.3 is 5.32 Å². The molecule has 1 fully saturated rings. The lowest BCUT2D eigenvalue weighted by atomic mass is 10.4. The molecule has 1 saturated carbocycles. The minimum atomic E-state index is 0.509. The van der Waals surface area contributed by atoms with Gasteiger partial charge in [-0.3, -0.25) is 0 Å². The van der Waals surface area contributed by atoms with Crippen molar-refractivity contribution in [3.63, 3.8) is 0 Å². The molecule has 0 radical (unpaired) electrons. The molecule has 0 bridgehead atoms. The third-order valence-corrected chi connectivity index (χ3v) is 3.87. The van der Waals surface area contributed by atoms with Crippen molar-refractivity contribution >= 4 is 28.8 Å². The number of halogens is 1. The Labute approximate surface area is 114 Å². The second kappa shape index (κ2) is 4.82. The van der Waals surface area contributed by atoms with Crippen LogP contribution < -0.4 is 5.32 Å². The first kappa shape index (κ1) is 11.9. The van der Waals surface area contributed by atoms with Crippen LogP contribution in [0, 0.1) is 6.92 Å². The first-order chi connectivity index (χ1) is 8.70. The Hall–Kier alpha value is -1.20. The van der Waals surface area contributed by atoms with E-state index in [9.17, 15) is 0 Å². The van der Waals surface area contributed by atoms with E-state index in [0.29, 0.717) is 11.1 Å². The fourth-order valence-corrected chi connectivity index (χ4v) is 2.64. The molecule has 18 heavy (non-hydrogen) atoms. The van der Waals surface area contributed by atoms with Crippen molar-refractivity contribution in [2.75, 3.05) is 5.32 Å². The van der Waals surface area contributed by atoms with Gasteiger partial charge in [-0.25, -0.2) is 15.0 Å². The van der Waals surface area contributed by atoms with Gasteiger partial charge in [0.05, 0.1) is 11.6 Å². The fraction of sp³-hybridized carbons (Fsp3) is 0.417. The molecule has 0 spiro atoms. The number of hydrogen-bond donors (Lipinski definition) is 1. The van der Waals surface area contributed by atoms with E-state index in [2.05, 4.69) is 20.3 Å². The van der Waals surface area contributed by atoms with E-state index in [0.717, 1.165) is 23.2 Å². The quantitative estimate of drug-likeness (QED) is 0.872. The van der Waals surface area contributed by atoms with Crippen LogP contribution in [0.5, 0.6) is 0 Å². The maximum atomic E-state index is 6.01. The highest BCUT2D eigenvalue weighted by atomic mass is 35.5. The van der Waals surface area contributed by atoms with Crippen molar-refractivity contribution in [1.29, 1.82) is 0 Å². The summed E-state index contributed by atoms with van der Waals surface area (Å²) in [7, 11) is 0. The smallest absolute Gasteiger partial charge is 0.135 e. The summed E-state index contributed by atoms with van der Waals surface area (Å²) in [6.07, 6.45) is 4.24. The summed E-state index contributed by atoms with van der Waals surface area (Å²) in [6, 6.07) is 1.77. The first-order valence-corrected chi connectivity index (χ1v) is 7.10. The molecule has 1 aliphatic carbocycles. The number of nitrogens with zero attached hydrogens (tertiary/aromatic N) is 3. The maximum absolute atomic E-state index is 6.01. The van der Waals surface area contributed by atoms with E-state index in [1.54, 1.807) is 17.4 Å². The van der Waals surface area contributed by atoms with Gasteiger partial charge in [0.25, 0.3) is 0 Å². The molecule has 0 aliphatic heterocycles. The molecular formula is C12H13ClN4S. The summed E-state index contributed by atoms with van der Waals surface area (Å²) >= 11 is 7.69. The first-order valence-electron chi connectivity index (χ1n) is 5.90. The Morgan fingerprint density at radius 1 is 1.44 bits per heavy atom. The lowest BCUT2D eigenvalue weighted by Crippen LogP contribution is -2.03. The lowest BCUT2D eigenvalue weighted by molar-refractivity contribution is 0.922. The SMILES string of the molecule is Cc1ncc(CNc2cc(Cl)nc(C3CC3)n2)s1. The fourth-order valence-electron chi connectivity index (χ4n) is 1.71. The number of nitrogens with one attached hydrogen (secondary N) is 1. The average Bonchev–Trinajstić information content (AvgIpc) is 3.10. The summed E-state index contributed by atoms with van der Waals surface area (Å²) in [5, 5.41) is 4.86. The zero-order valence-corrected chi connectivity index (χ0v) is 11.6. The van der Waals surface area contributed by atoms with E-state index in [1.807, 2.05) is 13.1 Å². The molecule has 2 aromatic rings. The molecule has 0 unspecified atom stereocenters. The van der Waals surface area contributed by atoms with Gasteiger partial charge in [-0.2, -0.15) is 0 Å². The topological polar surface area (TPSA) is 50.7 Å². The zero-order valence-electron chi connectivity index (χ0n) is 9.98. The van der Waals surface area contributed by atoms with Crippen LogP contribution in [0.25, 0.3) is 0 Å². The van der Waals surface area contributed by atoms with E-state index < -0.39 is 0 Å². The Morgan fingerprint density at radius 3 is 2.94 bits per heavy atom. The van der Waals surface area contributed by atoms with Crippen molar-refractivity contribution in [2.24, 2.45) is 0 Å². The molecule has 0 atom stereocenters. The molecule has 0 saturated heterocycles. The number of aromatic nitrogens is 3. The molecule has 1 aliphatic rings. The molecule has 6 heteroatoms. The largest absolute Gasteiger partial charge is 0.365 e. The highest BCUT2D eigenvalue weighted by Gasteiger charge is 2.27. The second-order valence-electron chi connectivity index (χ2n) is 4.41. The summed E-state index contributed by atoms with van der Waals surface area (Å²) in [4.78, 5) is 14.2. The molecule has 2 aromatic heterocycles. The van der Waals surface area contributed by atoms with Gasteiger partial charge >= 0.3 is 0 Å². The van der Waals surface area contributed by atoms with Crippen molar-refractivity contribution in [3.05, 3.63) is 33.1 Å². The molecule has 2 heterocycles. The van der Waals surface area contributed by atoms with Crippen molar-refractivity contribution in [2.45, 2.75) is 32.2 Å². The Kier molecular flexibility index (Phi) is 3.18. The van der Waals surface area contributed by atoms with Crippen molar-refractivity contribution in [3.8, 4) is 0 Å². The van der Waals surface area contributed by atoms with Crippen LogP contribution in [0.4, 0.5) is 5.82 Å². The monoisotopic (exact) mass is 280 g/mol. The lowest BCUT2D eigenvalue weighted by Gasteiger charge is -2.06. The Morgan fingerprint density at radius 2 is 2.28 bits per heavy atom. The van der Waals surface area contributed by atoms with Crippen LogP contribution in [0.3, 0.4) is 0 Å². The normalized spacial score (nSPS) is 14.8. The molecular weight excluding hydrogens is 268 g/mol. The second-order valence-corrected chi connectivity index (χ2v) is 6.11. The van der Waals surface area contributed by atoms with Crippen LogP contribution in [-0.4, -0.2) is 15.0 Å². The molecule has 3 rings (SSSR count). The number of anilines is 1. The predicted molar refractivity (Wildman–Crippen MR) is 73.2 cm³/mol. The van der Waals surface area contributed by atoms with Crippen LogP contribution >= 0.6 is 22.9 Å². The maximum Gasteiger partial charge on any atom is 0.135 e. The van der Waals surface area contributed by atoms with Gasteiger partial charge in [0.2, 0.25) is 0 Å². The third-order valence-electron chi connectivity index (χ3n) is 2.77. The van der Waals surface area contributed by atoms with Gasteiger partial charge in [0.1, 0.15) is 16.8 Å². The van der Waals surface area contributed by atoms with Crippen molar-refractivity contribution in [1.82, 2.24) is 15.0 Å². The van der Waals surface area contributed by atoms with Gasteiger partial charge in [0, 0.05) is 23.1 Å². The highest BCUT2D eigenvalue weighted by molar-refractivity contribution is 7.11. The highest BCUT2D eigenvalue weighted by Crippen LogP contribution is 2.38. The predicted octanol–water partition coefficient (Wildman–Crippen LogP) is 3.38. The van der Waals surface area contributed by atoms with E-state index in [-0.39, 0.29) is 0 Å². The number of hydrogen-bond acceptors (Lipinski definition) is 5. The molecule has 4 nitrogen and oxygen atoms in total. The van der Waals surface area contributed by atoms with E-state index >= 15 is 0 Å². The molecule has 0 amide bonds. The summed E-state index contributed by atoms with van der Waals surface area (Å²) < 4.78 is 0. The van der Waals surface area contributed by atoms with E-state index in [1.165, 1.54) is 17.7 Å². The van der Waals surface area contributed by atoms with Gasteiger partial charge in [-0.1, -0.05) is 11.6 Å². The number of rotatable bonds is 4. The van der Waals surface area contributed by atoms with Crippen molar-refractivity contribution < 1.29 is 0 Å². The van der Waals surface area contributed by atoms with Crippen LogP contribution in [-0.2, 0) is 6.54 Å². The van der Waals surface area contributed by atoms with Gasteiger partial charge in [-0.05, 0) is 19.8 Å². The van der Waals surface area contributed by atoms with Crippen LogP contribution in [0.1, 0.15) is 34.5 Å². The molecule has 1 N–H and O–H groups in total. The Balaban J connectivity index is 1.71. The molecule has 94 valence electrons. The van der Waals surface area contributed by atoms with Crippen LogP contribution in [0.15, 0.2) is 12.3 Å². The Bertz CT molecular complexity index is 565. The third kappa shape index (κ3) is 2.79. The summed E-state index contributed by atoms with van der Waals surface area (Å²) in [5.41, 5.74) is 0. The standard InChI is InChI=1S/C12H13ClN4S/c1-7-14-5-9(18-7)6-15-11-4-10(13)16-12(17-11)8-2-3-8/h4-5,8H,2-3,6H2,1H3,(H,15,16,17). The van der Waals surface area contributed by atoms with Crippen LogP contribution in [0.2, 0.25) is 5.15 Å². The minimum Gasteiger partial charge on any atom is -0.365 e. The number of thiazole rings is 1. The minimum absolute atomic E-state index is 0.509. The average molecular weight is 281 g/mol. The molecule has 0 aromatic carbocycles. The summed E-state index contributed by atoms with van der Waals surface area (Å²) in [6.45, 7) is 2.73. The zero-order chi connectivity index (χ0) is 12.5. The van der Waals surface area contributed by atoms with Gasteiger partial charge in [-0.15, -0.1) is 11.3 Å². The van der Waals surface area contributed by atoms with Gasteiger partial charge in [0.15, 0.2) is 0 Å². The summed E-state index contributed by atoms with van der Waals surface area (Å²) in [5.74, 6) is 2.17.